The number of anilines is 1. The highest BCUT2D eigenvalue weighted by Gasteiger charge is 2.15. The lowest BCUT2D eigenvalue weighted by molar-refractivity contribution is 0.0526. The number of alkyl carbamates (subject to hydrolysis) is 1. The van der Waals surface area contributed by atoms with E-state index in [1.807, 2.05) is 0 Å². The molecule has 8 heteroatoms. The summed E-state index contributed by atoms with van der Waals surface area (Å²) < 4.78 is 5.15. The first-order valence-corrected chi connectivity index (χ1v) is 8.22. The van der Waals surface area contributed by atoms with Crippen molar-refractivity contribution in [1.29, 1.82) is 0 Å². The van der Waals surface area contributed by atoms with Crippen molar-refractivity contribution in [2.45, 2.75) is 39.2 Å². The van der Waals surface area contributed by atoms with Gasteiger partial charge in [-0.2, -0.15) is 0 Å². The standard InChI is InChI=1S/C18H23N3O5/c1-18(2,3)26-17(25)20-6-4-5-10-7-11-14(22)9-13(16(23)24)21-15(11)12(19)8-10/h7-9H,4-6,19H2,1-3H3,(H,20,25)(H,21,22)(H,23,24). The molecule has 0 saturated carbocycles. The van der Waals surface area contributed by atoms with Gasteiger partial charge in [-0.1, -0.05) is 0 Å². The van der Waals surface area contributed by atoms with Crippen molar-refractivity contribution in [3.8, 4) is 0 Å². The number of aromatic carboxylic acids is 1. The molecule has 140 valence electrons. The number of fused-ring (bicyclic) bond motifs is 1. The Kier molecular flexibility index (Phi) is 5.54. The molecule has 0 aliphatic heterocycles. The monoisotopic (exact) mass is 361 g/mol. The maximum atomic E-state index is 12.1. The Morgan fingerprint density at radius 2 is 1.96 bits per heavy atom. The summed E-state index contributed by atoms with van der Waals surface area (Å²) in [5.41, 5.74) is 6.25. The van der Waals surface area contributed by atoms with Gasteiger partial charge in [-0.15, -0.1) is 0 Å². The second-order valence-electron chi connectivity index (χ2n) is 6.99. The first-order valence-electron chi connectivity index (χ1n) is 8.22. The number of carbonyl (C=O) groups is 2. The van der Waals surface area contributed by atoms with Crippen molar-refractivity contribution in [1.82, 2.24) is 10.3 Å². The molecule has 5 N–H and O–H groups in total. The van der Waals surface area contributed by atoms with Crippen molar-refractivity contribution >= 4 is 28.7 Å². The Hall–Kier alpha value is -3.03. The summed E-state index contributed by atoms with van der Waals surface area (Å²) in [5, 5.41) is 12.0. The van der Waals surface area contributed by atoms with Crippen LogP contribution in [0.15, 0.2) is 23.0 Å². The summed E-state index contributed by atoms with van der Waals surface area (Å²) in [5.74, 6) is -1.22. The number of H-pyrrole nitrogens is 1. The maximum absolute atomic E-state index is 12.1. The Balaban J connectivity index is 2.06. The van der Waals surface area contributed by atoms with Crippen LogP contribution in [0.1, 0.15) is 43.2 Å². The predicted octanol–water partition coefficient (Wildman–Crippen LogP) is 2.27. The number of rotatable bonds is 5. The fraction of sp³-hybridized carbons (Fsp3) is 0.389. The number of aromatic amines is 1. The predicted molar refractivity (Wildman–Crippen MR) is 98.5 cm³/mol. The van der Waals surface area contributed by atoms with Gasteiger partial charge in [0.05, 0.1) is 11.2 Å². The van der Waals surface area contributed by atoms with E-state index in [0.29, 0.717) is 36.0 Å². The molecule has 0 atom stereocenters. The van der Waals surface area contributed by atoms with Crippen LogP contribution >= 0.6 is 0 Å². The van der Waals surface area contributed by atoms with E-state index in [1.165, 1.54) is 0 Å². The number of carbonyl (C=O) groups excluding carboxylic acids is 1. The summed E-state index contributed by atoms with van der Waals surface area (Å²) in [6.45, 7) is 5.79. The minimum atomic E-state index is -1.22. The number of hydrogen-bond donors (Lipinski definition) is 4. The first-order chi connectivity index (χ1) is 12.1. The molecule has 0 aliphatic rings. The molecule has 0 saturated heterocycles. The summed E-state index contributed by atoms with van der Waals surface area (Å²) in [6.07, 6.45) is 0.749. The van der Waals surface area contributed by atoms with Crippen LogP contribution < -0.4 is 16.5 Å². The zero-order valence-electron chi connectivity index (χ0n) is 15.0. The number of carboxylic acids is 1. The third-order valence-corrected chi connectivity index (χ3v) is 3.57. The Labute approximate surface area is 150 Å². The fourth-order valence-corrected chi connectivity index (χ4v) is 2.50. The van der Waals surface area contributed by atoms with Crippen LogP contribution in [0.5, 0.6) is 0 Å². The minimum Gasteiger partial charge on any atom is -0.477 e. The van der Waals surface area contributed by atoms with E-state index < -0.39 is 23.1 Å². The number of aryl methyl sites for hydroxylation is 1. The maximum Gasteiger partial charge on any atom is 0.407 e. The zero-order valence-corrected chi connectivity index (χ0v) is 15.0. The molecule has 1 aromatic heterocycles. The van der Waals surface area contributed by atoms with Crippen LogP contribution in [0.3, 0.4) is 0 Å². The lowest BCUT2D eigenvalue weighted by Gasteiger charge is -2.19. The van der Waals surface area contributed by atoms with Crippen molar-refractivity contribution in [2.24, 2.45) is 0 Å². The number of amides is 1. The van der Waals surface area contributed by atoms with Gasteiger partial charge in [-0.25, -0.2) is 9.59 Å². The third kappa shape index (κ3) is 4.98. The van der Waals surface area contributed by atoms with Crippen molar-refractivity contribution in [3.63, 3.8) is 0 Å². The number of carboxylic acid groups (broad SMARTS) is 1. The number of hydrogen-bond acceptors (Lipinski definition) is 5. The van der Waals surface area contributed by atoms with Gasteiger partial charge in [0.1, 0.15) is 11.3 Å². The average Bonchev–Trinajstić information content (AvgIpc) is 2.50. The van der Waals surface area contributed by atoms with E-state index in [-0.39, 0.29) is 5.69 Å². The van der Waals surface area contributed by atoms with Crippen LogP contribution in [0, 0.1) is 0 Å². The number of nitrogen functional groups attached to an aromatic ring is 1. The molecule has 2 aromatic rings. The summed E-state index contributed by atoms with van der Waals surface area (Å²) in [7, 11) is 0. The second kappa shape index (κ2) is 7.47. The van der Waals surface area contributed by atoms with Gasteiger partial charge in [0, 0.05) is 18.0 Å². The van der Waals surface area contributed by atoms with Gasteiger partial charge in [0.15, 0.2) is 5.43 Å². The summed E-state index contributed by atoms with van der Waals surface area (Å²) >= 11 is 0. The molecule has 0 spiro atoms. The van der Waals surface area contributed by atoms with Gasteiger partial charge in [-0.3, -0.25) is 4.79 Å². The van der Waals surface area contributed by atoms with Crippen molar-refractivity contribution in [2.75, 3.05) is 12.3 Å². The quantitative estimate of drug-likeness (QED) is 0.477. The molecule has 1 heterocycles. The highest BCUT2D eigenvalue weighted by molar-refractivity contribution is 5.94. The van der Waals surface area contributed by atoms with E-state index >= 15 is 0 Å². The van der Waals surface area contributed by atoms with Crippen LogP contribution in [0.2, 0.25) is 0 Å². The van der Waals surface area contributed by atoms with E-state index in [1.54, 1.807) is 32.9 Å². The van der Waals surface area contributed by atoms with Crippen LogP contribution in [-0.2, 0) is 11.2 Å². The van der Waals surface area contributed by atoms with Crippen molar-refractivity contribution in [3.05, 3.63) is 39.7 Å². The zero-order chi connectivity index (χ0) is 19.5. The molecule has 0 fully saturated rings. The number of pyridine rings is 1. The highest BCUT2D eigenvalue weighted by atomic mass is 16.6. The minimum absolute atomic E-state index is 0.205. The second-order valence-corrected chi connectivity index (χ2v) is 6.99. The Morgan fingerprint density at radius 3 is 2.58 bits per heavy atom. The summed E-state index contributed by atoms with van der Waals surface area (Å²) in [4.78, 5) is 37.4. The number of nitrogens with two attached hydrogens (primary N) is 1. The third-order valence-electron chi connectivity index (χ3n) is 3.57. The van der Waals surface area contributed by atoms with Gasteiger partial charge in [0.2, 0.25) is 0 Å². The summed E-state index contributed by atoms with van der Waals surface area (Å²) in [6, 6.07) is 4.42. The molecule has 1 amide bonds. The van der Waals surface area contributed by atoms with E-state index in [4.69, 9.17) is 15.6 Å². The smallest absolute Gasteiger partial charge is 0.407 e. The SMILES string of the molecule is CC(C)(C)OC(=O)NCCCc1cc(N)c2[nH]c(C(=O)O)cc(=O)c2c1. The Bertz CT molecular complexity index is 896. The normalized spacial score (nSPS) is 11.3. The van der Waals surface area contributed by atoms with Gasteiger partial charge in [0.25, 0.3) is 0 Å². The van der Waals surface area contributed by atoms with E-state index in [0.717, 1.165) is 11.6 Å². The Morgan fingerprint density at radius 1 is 1.27 bits per heavy atom. The largest absolute Gasteiger partial charge is 0.477 e. The molecule has 8 nitrogen and oxygen atoms in total. The molecule has 0 radical (unpaired) electrons. The van der Waals surface area contributed by atoms with Crippen LogP contribution in [0.4, 0.5) is 10.5 Å². The molecule has 0 unspecified atom stereocenters. The molecule has 1 aromatic carbocycles. The lowest BCUT2D eigenvalue weighted by Crippen LogP contribution is -2.33. The number of ether oxygens (including phenoxy) is 1. The van der Waals surface area contributed by atoms with E-state index in [2.05, 4.69) is 10.3 Å². The van der Waals surface area contributed by atoms with Gasteiger partial charge < -0.3 is 25.9 Å². The highest BCUT2D eigenvalue weighted by Crippen LogP contribution is 2.20. The van der Waals surface area contributed by atoms with E-state index in [9.17, 15) is 14.4 Å². The molecule has 0 aliphatic carbocycles. The first kappa shape index (κ1) is 19.3. The number of nitrogens with one attached hydrogen (secondary N) is 2. The fourth-order valence-electron chi connectivity index (χ4n) is 2.50. The number of aromatic nitrogens is 1. The lowest BCUT2D eigenvalue weighted by atomic mass is 10.0. The van der Waals surface area contributed by atoms with Crippen LogP contribution in [-0.4, -0.2) is 34.3 Å². The molecular weight excluding hydrogens is 338 g/mol. The topological polar surface area (TPSA) is 135 Å². The molecule has 26 heavy (non-hydrogen) atoms. The van der Waals surface area contributed by atoms with Gasteiger partial charge in [-0.05, 0) is 51.3 Å². The molecular formula is C18H23N3O5. The van der Waals surface area contributed by atoms with Gasteiger partial charge >= 0.3 is 12.1 Å². The van der Waals surface area contributed by atoms with Crippen molar-refractivity contribution < 1.29 is 19.4 Å². The molecule has 2 rings (SSSR count). The average molecular weight is 361 g/mol. The number of benzene rings is 1. The van der Waals surface area contributed by atoms with Crippen LogP contribution in [0.25, 0.3) is 10.9 Å². The molecule has 0 bridgehead atoms.